The van der Waals surface area contributed by atoms with Crippen LogP contribution in [0.15, 0.2) is 22.7 Å². The van der Waals surface area contributed by atoms with Crippen LogP contribution in [-0.4, -0.2) is 20.3 Å². The van der Waals surface area contributed by atoms with Crippen molar-refractivity contribution in [3.05, 3.63) is 28.2 Å². The lowest BCUT2D eigenvalue weighted by Crippen LogP contribution is -2.02. The fourth-order valence-electron chi connectivity index (χ4n) is 1.31. The molecule has 1 aromatic carbocycles. The number of nitrogens with one attached hydrogen (secondary N) is 1. The van der Waals surface area contributed by atoms with Gasteiger partial charge in [0.1, 0.15) is 0 Å². The first-order valence-corrected chi connectivity index (χ1v) is 6.02. The van der Waals surface area contributed by atoms with Crippen LogP contribution in [0.1, 0.15) is 18.4 Å². The summed E-state index contributed by atoms with van der Waals surface area (Å²) in [6.07, 6.45) is 2.25. The first-order chi connectivity index (χ1) is 7.24. The number of hydrogen-bond donors (Lipinski definition) is 1. The summed E-state index contributed by atoms with van der Waals surface area (Å²) in [6.45, 7) is 3.94. The average Bonchev–Trinajstić information content (AvgIpc) is 2.23. The van der Waals surface area contributed by atoms with Gasteiger partial charge in [-0.05, 0) is 37.5 Å². The van der Waals surface area contributed by atoms with Gasteiger partial charge in [0.25, 0.3) is 0 Å². The van der Waals surface area contributed by atoms with E-state index in [1.165, 1.54) is 11.3 Å². The molecule has 1 N–H and O–H groups in total. The first-order valence-electron chi connectivity index (χ1n) is 5.23. The van der Waals surface area contributed by atoms with Crippen molar-refractivity contribution in [2.24, 2.45) is 0 Å². The summed E-state index contributed by atoms with van der Waals surface area (Å²) in [5, 5.41) is 3.39. The number of unbranched alkanes of at least 4 members (excludes halogenated alkanes) is 1. The molecule has 0 saturated heterocycles. The average molecular weight is 272 g/mol. The number of aryl methyl sites for hydroxylation is 1. The first kappa shape index (κ1) is 12.5. The lowest BCUT2D eigenvalue weighted by molar-refractivity contribution is 0.194. The summed E-state index contributed by atoms with van der Waals surface area (Å²) >= 11 is 3.52. The Bertz CT molecular complexity index is 302. The highest BCUT2D eigenvalue weighted by Crippen LogP contribution is 2.20. The molecule has 0 bridgehead atoms. The highest BCUT2D eigenvalue weighted by Gasteiger charge is 1.96. The molecule has 0 aliphatic heterocycles. The van der Waals surface area contributed by atoms with E-state index in [2.05, 4.69) is 46.4 Å². The topological polar surface area (TPSA) is 21.3 Å². The van der Waals surface area contributed by atoms with Crippen molar-refractivity contribution in [3.63, 3.8) is 0 Å². The van der Waals surface area contributed by atoms with Gasteiger partial charge in [-0.3, -0.25) is 0 Å². The van der Waals surface area contributed by atoms with Crippen molar-refractivity contribution in [2.45, 2.75) is 19.8 Å². The summed E-state index contributed by atoms with van der Waals surface area (Å²) in [7, 11) is 1.74. The maximum atomic E-state index is 4.99. The Morgan fingerprint density at radius 2 is 2.13 bits per heavy atom. The number of rotatable bonds is 6. The second-order valence-electron chi connectivity index (χ2n) is 3.59. The second-order valence-corrected chi connectivity index (χ2v) is 4.44. The molecule has 0 aliphatic rings. The smallest absolute Gasteiger partial charge is 0.0462 e. The van der Waals surface area contributed by atoms with Gasteiger partial charge in [-0.25, -0.2) is 0 Å². The Hall–Kier alpha value is -0.540. The molecule has 0 aliphatic carbocycles. The molecule has 0 aromatic heterocycles. The number of ether oxygens (including phenoxy) is 1. The third kappa shape index (κ3) is 4.67. The van der Waals surface area contributed by atoms with Crippen molar-refractivity contribution in [2.75, 3.05) is 25.6 Å². The van der Waals surface area contributed by atoms with Crippen LogP contribution in [-0.2, 0) is 4.74 Å². The summed E-state index contributed by atoms with van der Waals surface area (Å²) in [5.74, 6) is 0. The van der Waals surface area contributed by atoms with Crippen LogP contribution in [0, 0.1) is 6.92 Å². The molecule has 84 valence electrons. The standard InChI is InChI=1S/C12H18BrNO/c1-10-5-6-11(9-12(10)13)14-7-3-4-8-15-2/h5-6,9,14H,3-4,7-8H2,1-2H3. The van der Waals surface area contributed by atoms with E-state index >= 15 is 0 Å². The maximum Gasteiger partial charge on any atom is 0.0462 e. The molecule has 0 heterocycles. The van der Waals surface area contributed by atoms with Crippen molar-refractivity contribution < 1.29 is 4.74 Å². The van der Waals surface area contributed by atoms with Crippen molar-refractivity contribution >= 4 is 21.6 Å². The summed E-state index contributed by atoms with van der Waals surface area (Å²) in [5.41, 5.74) is 2.44. The third-order valence-electron chi connectivity index (χ3n) is 2.28. The number of hydrogen-bond acceptors (Lipinski definition) is 2. The molecule has 1 rings (SSSR count). The van der Waals surface area contributed by atoms with Crippen LogP contribution in [0.5, 0.6) is 0 Å². The van der Waals surface area contributed by atoms with Gasteiger partial charge in [0.2, 0.25) is 0 Å². The molecule has 3 heteroatoms. The summed E-state index contributed by atoms with van der Waals surface area (Å²) in [6, 6.07) is 6.34. The Morgan fingerprint density at radius 1 is 1.33 bits per heavy atom. The van der Waals surface area contributed by atoms with Crippen molar-refractivity contribution in [1.82, 2.24) is 0 Å². The van der Waals surface area contributed by atoms with Gasteiger partial charge in [0, 0.05) is 30.4 Å². The van der Waals surface area contributed by atoms with Crippen LogP contribution in [0.25, 0.3) is 0 Å². The van der Waals surface area contributed by atoms with Crippen LogP contribution < -0.4 is 5.32 Å². The monoisotopic (exact) mass is 271 g/mol. The SMILES string of the molecule is COCCCCNc1ccc(C)c(Br)c1. The largest absolute Gasteiger partial charge is 0.385 e. The Kier molecular flexibility index (Phi) is 5.73. The Morgan fingerprint density at radius 3 is 2.80 bits per heavy atom. The third-order valence-corrected chi connectivity index (χ3v) is 3.13. The molecule has 0 spiro atoms. The number of halogens is 1. The zero-order valence-corrected chi connectivity index (χ0v) is 10.9. The van der Waals surface area contributed by atoms with Crippen molar-refractivity contribution in [3.8, 4) is 0 Å². The van der Waals surface area contributed by atoms with Crippen LogP contribution in [0.3, 0.4) is 0 Å². The van der Waals surface area contributed by atoms with Crippen LogP contribution in [0.4, 0.5) is 5.69 Å². The fourth-order valence-corrected chi connectivity index (χ4v) is 1.69. The molecule has 0 fully saturated rings. The molecular formula is C12H18BrNO. The normalized spacial score (nSPS) is 10.3. The minimum absolute atomic E-state index is 0.847. The Labute approximate surface area is 100 Å². The van der Waals surface area contributed by atoms with E-state index in [0.717, 1.165) is 30.5 Å². The molecule has 15 heavy (non-hydrogen) atoms. The van der Waals surface area contributed by atoms with Crippen LogP contribution in [0.2, 0.25) is 0 Å². The van der Waals surface area contributed by atoms with E-state index in [9.17, 15) is 0 Å². The van der Waals surface area contributed by atoms with Gasteiger partial charge in [0.15, 0.2) is 0 Å². The predicted octanol–water partition coefficient (Wildman–Crippen LogP) is 3.60. The second kappa shape index (κ2) is 6.85. The van der Waals surface area contributed by atoms with E-state index in [1.807, 2.05) is 0 Å². The predicted molar refractivity (Wildman–Crippen MR) is 68.5 cm³/mol. The minimum atomic E-state index is 0.847. The molecule has 2 nitrogen and oxygen atoms in total. The summed E-state index contributed by atoms with van der Waals surface area (Å²) in [4.78, 5) is 0. The van der Waals surface area contributed by atoms with Gasteiger partial charge in [-0.2, -0.15) is 0 Å². The number of methoxy groups -OCH3 is 1. The van der Waals surface area contributed by atoms with E-state index in [-0.39, 0.29) is 0 Å². The number of benzene rings is 1. The summed E-state index contributed by atoms with van der Waals surface area (Å²) < 4.78 is 6.15. The van der Waals surface area contributed by atoms with E-state index in [1.54, 1.807) is 7.11 Å². The van der Waals surface area contributed by atoms with Gasteiger partial charge >= 0.3 is 0 Å². The van der Waals surface area contributed by atoms with Crippen molar-refractivity contribution in [1.29, 1.82) is 0 Å². The molecular weight excluding hydrogens is 254 g/mol. The molecule has 1 aromatic rings. The van der Waals surface area contributed by atoms with E-state index in [4.69, 9.17) is 4.74 Å². The van der Waals surface area contributed by atoms with E-state index < -0.39 is 0 Å². The minimum Gasteiger partial charge on any atom is -0.385 e. The number of anilines is 1. The fraction of sp³-hybridized carbons (Fsp3) is 0.500. The Balaban J connectivity index is 2.28. The molecule has 0 unspecified atom stereocenters. The molecule has 0 atom stereocenters. The maximum absolute atomic E-state index is 4.99. The molecule has 0 saturated carbocycles. The van der Waals surface area contributed by atoms with Gasteiger partial charge in [0.05, 0.1) is 0 Å². The zero-order valence-electron chi connectivity index (χ0n) is 9.35. The van der Waals surface area contributed by atoms with E-state index in [0.29, 0.717) is 0 Å². The highest BCUT2D eigenvalue weighted by atomic mass is 79.9. The van der Waals surface area contributed by atoms with Crippen LogP contribution >= 0.6 is 15.9 Å². The van der Waals surface area contributed by atoms with Gasteiger partial charge < -0.3 is 10.1 Å². The lowest BCUT2D eigenvalue weighted by Gasteiger charge is -2.07. The molecule has 0 amide bonds. The molecule has 0 radical (unpaired) electrons. The van der Waals surface area contributed by atoms with Gasteiger partial charge in [-0.1, -0.05) is 22.0 Å². The zero-order chi connectivity index (χ0) is 11.1. The van der Waals surface area contributed by atoms with Gasteiger partial charge in [-0.15, -0.1) is 0 Å². The highest BCUT2D eigenvalue weighted by molar-refractivity contribution is 9.10. The quantitative estimate of drug-likeness (QED) is 0.799. The lowest BCUT2D eigenvalue weighted by atomic mass is 10.2.